The van der Waals surface area contributed by atoms with Crippen molar-refractivity contribution in [1.29, 1.82) is 0 Å². The Morgan fingerprint density at radius 2 is 2.14 bits per heavy atom. The number of aromatic nitrogens is 2. The van der Waals surface area contributed by atoms with Crippen molar-refractivity contribution in [2.45, 2.75) is 35.8 Å². The Hall–Kier alpha value is -1.40. The zero-order valence-electron chi connectivity index (χ0n) is 12.0. The van der Waals surface area contributed by atoms with Crippen molar-refractivity contribution in [3.05, 3.63) is 34.9 Å². The summed E-state index contributed by atoms with van der Waals surface area (Å²) >= 11 is 2.94. The number of thioether (sulfide) groups is 1. The summed E-state index contributed by atoms with van der Waals surface area (Å²) in [4.78, 5) is 12.5. The van der Waals surface area contributed by atoms with E-state index in [1.807, 2.05) is 20.0 Å². The molecule has 4 nitrogen and oxygen atoms in total. The van der Waals surface area contributed by atoms with Gasteiger partial charge in [0.25, 0.3) is 0 Å². The molecule has 0 radical (unpaired) electrons. The molecule has 1 heterocycles. The lowest BCUT2D eigenvalue weighted by Gasteiger charge is -2.09. The highest BCUT2D eigenvalue weighted by atomic mass is 32.2. The number of carbonyl (C=O) groups excluding carboxylic acids is 1. The molecule has 1 aliphatic carbocycles. The summed E-state index contributed by atoms with van der Waals surface area (Å²) in [5, 5.41) is 11.6. The largest absolute Gasteiger partial charge is 0.363 e. The van der Waals surface area contributed by atoms with Crippen LogP contribution in [0.15, 0.2) is 22.5 Å². The van der Waals surface area contributed by atoms with Crippen LogP contribution in [0.4, 0.5) is 5.13 Å². The molecule has 0 unspecified atom stereocenters. The number of hydrogen-bond acceptors (Lipinski definition) is 6. The number of nitrogens with one attached hydrogen (secondary N) is 1. The molecular formula is C15H17N3OS2. The van der Waals surface area contributed by atoms with Crippen LogP contribution in [-0.2, 0) is 12.8 Å². The van der Waals surface area contributed by atoms with Crippen molar-refractivity contribution >= 4 is 34.0 Å². The molecule has 0 saturated carbocycles. The molecule has 0 aliphatic heterocycles. The Bertz CT molecular complexity index is 669. The minimum atomic E-state index is -0.151. The van der Waals surface area contributed by atoms with Gasteiger partial charge in [-0.15, -0.1) is 10.2 Å². The first-order valence-electron chi connectivity index (χ1n) is 7.01. The number of rotatable bonds is 5. The second-order valence-corrected chi connectivity index (χ2v) is 7.65. The number of hydrogen-bond donors (Lipinski definition) is 1. The average molecular weight is 319 g/mol. The third-order valence-corrected chi connectivity index (χ3v) is 5.78. The number of nitrogens with zero attached hydrogens (tertiary/aromatic N) is 2. The lowest BCUT2D eigenvalue weighted by molar-refractivity contribution is 0.0994. The van der Waals surface area contributed by atoms with Gasteiger partial charge in [-0.1, -0.05) is 35.2 Å². The summed E-state index contributed by atoms with van der Waals surface area (Å²) in [6.45, 7) is 1.93. The van der Waals surface area contributed by atoms with Gasteiger partial charge in [-0.2, -0.15) is 0 Å². The lowest BCUT2D eigenvalue weighted by Crippen LogP contribution is -2.13. The number of Topliss-reactive ketones (excluding diaryl/α,β-unsaturated/α-hetero) is 1. The van der Waals surface area contributed by atoms with E-state index in [4.69, 9.17) is 0 Å². The zero-order chi connectivity index (χ0) is 14.8. The van der Waals surface area contributed by atoms with E-state index < -0.39 is 0 Å². The molecule has 0 spiro atoms. The van der Waals surface area contributed by atoms with E-state index in [9.17, 15) is 4.79 Å². The zero-order valence-corrected chi connectivity index (χ0v) is 13.7. The van der Waals surface area contributed by atoms with Gasteiger partial charge in [0.05, 0.1) is 5.25 Å². The molecule has 1 aromatic heterocycles. The van der Waals surface area contributed by atoms with E-state index in [1.54, 1.807) is 0 Å². The van der Waals surface area contributed by atoms with Gasteiger partial charge in [-0.3, -0.25) is 4.79 Å². The first kappa shape index (κ1) is 14.5. The van der Waals surface area contributed by atoms with E-state index in [1.165, 1.54) is 40.6 Å². The van der Waals surface area contributed by atoms with Crippen LogP contribution in [0.2, 0.25) is 0 Å². The van der Waals surface area contributed by atoms with Crippen LogP contribution in [0.3, 0.4) is 0 Å². The van der Waals surface area contributed by atoms with Gasteiger partial charge in [0, 0.05) is 12.6 Å². The van der Waals surface area contributed by atoms with Gasteiger partial charge in [-0.25, -0.2) is 0 Å². The van der Waals surface area contributed by atoms with Gasteiger partial charge >= 0.3 is 0 Å². The smallest absolute Gasteiger partial charge is 0.206 e. The molecule has 0 fully saturated rings. The molecule has 1 aliphatic rings. The van der Waals surface area contributed by atoms with Gasteiger partial charge in [0.2, 0.25) is 5.13 Å². The quantitative estimate of drug-likeness (QED) is 0.676. The Kier molecular flexibility index (Phi) is 4.26. The van der Waals surface area contributed by atoms with Crippen molar-refractivity contribution in [2.75, 3.05) is 12.4 Å². The molecule has 1 aromatic carbocycles. The van der Waals surface area contributed by atoms with Gasteiger partial charge in [-0.05, 0) is 43.4 Å². The number of anilines is 1. The Labute approximate surface area is 132 Å². The van der Waals surface area contributed by atoms with Crippen LogP contribution in [0.5, 0.6) is 0 Å². The summed E-state index contributed by atoms with van der Waals surface area (Å²) in [6, 6.07) is 6.14. The number of carbonyl (C=O) groups is 1. The topological polar surface area (TPSA) is 54.9 Å². The average Bonchev–Trinajstić information content (AvgIpc) is 3.13. The highest BCUT2D eigenvalue weighted by Gasteiger charge is 2.20. The Morgan fingerprint density at radius 3 is 2.90 bits per heavy atom. The van der Waals surface area contributed by atoms with E-state index in [0.29, 0.717) is 0 Å². The molecule has 0 bridgehead atoms. The first-order valence-corrected chi connectivity index (χ1v) is 8.71. The second kappa shape index (κ2) is 6.15. The van der Waals surface area contributed by atoms with E-state index >= 15 is 0 Å². The maximum atomic E-state index is 12.5. The fourth-order valence-electron chi connectivity index (χ4n) is 2.52. The fraction of sp³-hybridized carbons (Fsp3) is 0.400. The molecule has 3 rings (SSSR count). The molecule has 1 atom stereocenters. The summed E-state index contributed by atoms with van der Waals surface area (Å²) in [7, 11) is 1.81. The maximum absolute atomic E-state index is 12.5. The minimum Gasteiger partial charge on any atom is -0.363 e. The molecule has 1 N–H and O–H groups in total. The number of fused-ring (bicyclic) bond motifs is 1. The van der Waals surface area contributed by atoms with Crippen molar-refractivity contribution in [3.8, 4) is 0 Å². The summed E-state index contributed by atoms with van der Waals surface area (Å²) in [5.41, 5.74) is 3.55. The number of aryl methyl sites for hydroxylation is 2. The van der Waals surface area contributed by atoms with Crippen LogP contribution in [0.1, 0.15) is 34.8 Å². The first-order chi connectivity index (χ1) is 10.2. The summed E-state index contributed by atoms with van der Waals surface area (Å²) < 4.78 is 0.821. The molecule has 110 valence electrons. The van der Waals surface area contributed by atoms with Crippen molar-refractivity contribution in [2.24, 2.45) is 0 Å². The normalized spacial score (nSPS) is 14.8. The Balaban J connectivity index is 1.72. The van der Waals surface area contributed by atoms with Crippen LogP contribution in [-0.4, -0.2) is 28.3 Å². The van der Waals surface area contributed by atoms with E-state index in [0.717, 1.165) is 27.9 Å². The summed E-state index contributed by atoms with van der Waals surface area (Å²) in [6.07, 6.45) is 3.44. The van der Waals surface area contributed by atoms with E-state index in [2.05, 4.69) is 27.6 Å². The van der Waals surface area contributed by atoms with Crippen LogP contribution < -0.4 is 5.32 Å². The SMILES string of the molecule is CNc1nnc(S[C@H](C)C(=O)c2ccc3c(c2)CCC3)s1. The van der Waals surface area contributed by atoms with Crippen molar-refractivity contribution in [3.63, 3.8) is 0 Å². The highest BCUT2D eigenvalue weighted by Crippen LogP contribution is 2.31. The van der Waals surface area contributed by atoms with Crippen molar-refractivity contribution in [1.82, 2.24) is 10.2 Å². The third-order valence-electron chi connectivity index (χ3n) is 3.65. The molecule has 6 heteroatoms. The van der Waals surface area contributed by atoms with Crippen LogP contribution >= 0.6 is 23.1 Å². The summed E-state index contributed by atoms with van der Waals surface area (Å²) in [5.74, 6) is 0.163. The van der Waals surface area contributed by atoms with Crippen LogP contribution in [0, 0.1) is 0 Å². The maximum Gasteiger partial charge on any atom is 0.206 e. The van der Waals surface area contributed by atoms with Crippen LogP contribution in [0.25, 0.3) is 0 Å². The molecule has 2 aromatic rings. The van der Waals surface area contributed by atoms with Crippen molar-refractivity contribution < 1.29 is 4.79 Å². The molecular weight excluding hydrogens is 302 g/mol. The van der Waals surface area contributed by atoms with Gasteiger partial charge in [0.1, 0.15) is 0 Å². The molecule has 0 saturated heterocycles. The predicted molar refractivity (Wildman–Crippen MR) is 87.6 cm³/mol. The predicted octanol–water partition coefficient (Wildman–Crippen LogP) is 3.43. The monoisotopic (exact) mass is 319 g/mol. The second-order valence-electron chi connectivity index (χ2n) is 5.08. The lowest BCUT2D eigenvalue weighted by atomic mass is 10.0. The standard InChI is InChI=1S/C15H17N3OS2/c1-9(20-15-18-17-14(16-2)21-15)13(19)12-7-6-10-4-3-5-11(10)8-12/h6-9H,3-5H2,1-2H3,(H,16,17)/t9-/m1/s1. The Morgan fingerprint density at radius 1 is 1.33 bits per heavy atom. The number of benzene rings is 1. The van der Waals surface area contributed by atoms with E-state index in [-0.39, 0.29) is 11.0 Å². The number of ketones is 1. The third kappa shape index (κ3) is 3.11. The molecule has 21 heavy (non-hydrogen) atoms. The van der Waals surface area contributed by atoms with Gasteiger partial charge < -0.3 is 5.32 Å². The van der Waals surface area contributed by atoms with Gasteiger partial charge in [0.15, 0.2) is 10.1 Å². The molecule has 0 amide bonds. The fourth-order valence-corrected chi connectivity index (χ4v) is 4.45. The highest BCUT2D eigenvalue weighted by molar-refractivity contribution is 8.02. The minimum absolute atomic E-state index is 0.151.